The van der Waals surface area contributed by atoms with Crippen LogP contribution in [0.2, 0.25) is 0 Å². The van der Waals surface area contributed by atoms with Gasteiger partial charge in [0.2, 0.25) is 5.91 Å². The minimum Gasteiger partial charge on any atom is -0.391 e. The number of primary amides is 1. The van der Waals surface area contributed by atoms with Crippen molar-refractivity contribution < 1.29 is 14.7 Å². The summed E-state index contributed by atoms with van der Waals surface area (Å²) in [5, 5.41) is 9.96. The Hall–Kier alpha value is -1.82. The molecule has 0 bridgehead atoms. The number of amides is 2. The van der Waals surface area contributed by atoms with E-state index in [1.807, 2.05) is 12.3 Å². The number of aliphatic hydroxyl groups is 1. The van der Waals surface area contributed by atoms with E-state index >= 15 is 0 Å². The molecule has 2 aliphatic heterocycles. The molecule has 0 saturated carbocycles. The number of aromatic nitrogens is 1. The van der Waals surface area contributed by atoms with Gasteiger partial charge in [0, 0.05) is 43.9 Å². The molecule has 1 aromatic heterocycles. The van der Waals surface area contributed by atoms with Gasteiger partial charge in [-0.15, -0.1) is 0 Å². The summed E-state index contributed by atoms with van der Waals surface area (Å²) in [5.41, 5.74) is 7.06. The molecule has 1 fully saturated rings. The van der Waals surface area contributed by atoms with Crippen LogP contribution >= 0.6 is 0 Å². The first-order chi connectivity index (χ1) is 10.0. The van der Waals surface area contributed by atoms with E-state index < -0.39 is 12.0 Å². The fraction of sp³-hybridized carbons (Fsp3) is 0.600. The highest BCUT2D eigenvalue weighted by molar-refractivity contribution is 5.94. The second-order valence-electron chi connectivity index (χ2n) is 6.08. The van der Waals surface area contributed by atoms with E-state index in [0.29, 0.717) is 12.1 Å². The molecule has 2 atom stereocenters. The summed E-state index contributed by atoms with van der Waals surface area (Å²) in [6.45, 7) is 1.64. The van der Waals surface area contributed by atoms with Crippen LogP contribution in [0.15, 0.2) is 12.3 Å². The van der Waals surface area contributed by atoms with E-state index in [9.17, 15) is 14.7 Å². The molecule has 21 heavy (non-hydrogen) atoms. The van der Waals surface area contributed by atoms with Crippen LogP contribution in [0.3, 0.4) is 0 Å². The van der Waals surface area contributed by atoms with Crippen LogP contribution in [0.4, 0.5) is 0 Å². The van der Waals surface area contributed by atoms with Gasteiger partial charge in [-0.2, -0.15) is 0 Å². The Kier molecular flexibility index (Phi) is 3.71. The smallest absolute Gasteiger partial charge is 0.255 e. The maximum atomic E-state index is 12.5. The first kappa shape index (κ1) is 14.1. The Morgan fingerprint density at radius 1 is 1.33 bits per heavy atom. The monoisotopic (exact) mass is 291 g/mol. The fourth-order valence-corrected chi connectivity index (χ4v) is 3.34. The third kappa shape index (κ3) is 2.81. The van der Waals surface area contributed by atoms with E-state index in [1.54, 1.807) is 4.90 Å². The molecule has 0 aliphatic carbocycles. The molecule has 1 saturated heterocycles. The molecule has 1 aromatic rings. The van der Waals surface area contributed by atoms with Gasteiger partial charge in [-0.25, -0.2) is 0 Å². The van der Waals surface area contributed by atoms with Crippen molar-refractivity contribution in [3.05, 3.63) is 23.5 Å². The van der Waals surface area contributed by atoms with E-state index in [0.717, 1.165) is 19.4 Å². The molecule has 0 aromatic carbocycles. The number of likely N-dealkylation sites (tertiary alicyclic amines) is 1. The Bertz CT molecular complexity index is 543. The summed E-state index contributed by atoms with van der Waals surface area (Å²) in [6.07, 6.45) is 4.69. The highest BCUT2D eigenvalue weighted by Crippen LogP contribution is 2.24. The Morgan fingerprint density at radius 2 is 2.14 bits per heavy atom. The van der Waals surface area contributed by atoms with Gasteiger partial charge in [0.1, 0.15) is 0 Å². The molecule has 3 rings (SSSR count). The number of nitrogens with two attached hydrogens (primary N) is 1. The van der Waals surface area contributed by atoms with Gasteiger partial charge in [0.25, 0.3) is 5.91 Å². The minimum atomic E-state index is -0.668. The zero-order chi connectivity index (χ0) is 15.0. The molecule has 3 N–H and O–H groups in total. The molecule has 3 heterocycles. The highest BCUT2D eigenvalue weighted by Gasteiger charge is 2.35. The highest BCUT2D eigenvalue weighted by atomic mass is 16.3. The molecular weight excluding hydrogens is 270 g/mol. The fourth-order valence-electron chi connectivity index (χ4n) is 3.34. The zero-order valence-electron chi connectivity index (χ0n) is 12.0. The summed E-state index contributed by atoms with van der Waals surface area (Å²) in [4.78, 5) is 25.1. The second-order valence-corrected chi connectivity index (χ2v) is 6.08. The lowest BCUT2D eigenvalue weighted by Gasteiger charge is -2.15. The first-order valence-electron chi connectivity index (χ1n) is 7.49. The predicted octanol–water partition coefficient (Wildman–Crippen LogP) is 0.133. The number of aliphatic hydroxyl groups excluding tert-OH is 1. The molecule has 6 heteroatoms. The number of aryl methyl sites for hydroxylation is 2. The molecule has 114 valence electrons. The number of carbonyl (C=O) groups is 2. The Labute approximate surface area is 123 Å². The quantitative estimate of drug-likeness (QED) is 0.830. The molecule has 6 nitrogen and oxygen atoms in total. The van der Waals surface area contributed by atoms with Crippen molar-refractivity contribution in [3.63, 3.8) is 0 Å². The van der Waals surface area contributed by atoms with Gasteiger partial charge in [0.05, 0.1) is 11.7 Å². The molecule has 0 unspecified atom stereocenters. The van der Waals surface area contributed by atoms with Gasteiger partial charge < -0.3 is 20.3 Å². The number of nitrogens with zero attached hydrogens (tertiary/aromatic N) is 2. The minimum absolute atomic E-state index is 0.0667. The normalized spacial score (nSPS) is 24.9. The zero-order valence-corrected chi connectivity index (χ0v) is 12.0. The first-order valence-corrected chi connectivity index (χ1v) is 7.49. The molecular formula is C15H21N3O3. The van der Waals surface area contributed by atoms with Crippen LogP contribution in [0.25, 0.3) is 0 Å². The van der Waals surface area contributed by atoms with Crippen molar-refractivity contribution in [2.75, 3.05) is 13.1 Å². The number of fused-ring (bicyclic) bond motifs is 1. The van der Waals surface area contributed by atoms with Crippen LogP contribution in [-0.4, -0.2) is 45.6 Å². The van der Waals surface area contributed by atoms with Gasteiger partial charge >= 0.3 is 0 Å². The lowest BCUT2D eigenvalue weighted by Crippen LogP contribution is -2.29. The maximum absolute atomic E-state index is 12.5. The van der Waals surface area contributed by atoms with Crippen molar-refractivity contribution in [2.45, 2.75) is 38.3 Å². The van der Waals surface area contributed by atoms with E-state index in [1.165, 1.54) is 12.1 Å². The molecule has 0 spiro atoms. The summed E-state index contributed by atoms with van der Waals surface area (Å²) >= 11 is 0. The van der Waals surface area contributed by atoms with Crippen molar-refractivity contribution in [1.82, 2.24) is 9.47 Å². The number of hydrogen-bond acceptors (Lipinski definition) is 3. The van der Waals surface area contributed by atoms with Crippen molar-refractivity contribution in [2.24, 2.45) is 11.7 Å². The number of β-amino-alcohol motifs (C(OH)–C–C–N with tert-alkyl or cyclic N) is 1. The Morgan fingerprint density at radius 3 is 2.86 bits per heavy atom. The molecule has 0 radical (unpaired) electrons. The van der Waals surface area contributed by atoms with Crippen molar-refractivity contribution in [3.8, 4) is 0 Å². The third-order valence-corrected chi connectivity index (χ3v) is 4.47. The van der Waals surface area contributed by atoms with Crippen LogP contribution in [0, 0.1) is 5.92 Å². The van der Waals surface area contributed by atoms with E-state index in [4.69, 9.17) is 5.73 Å². The predicted molar refractivity (Wildman–Crippen MR) is 76.6 cm³/mol. The topological polar surface area (TPSA) is 88.6 Å². The van der Waals surface area contributed by atoms with Gasteiger partial charge in [0.15, 0.2) is 0 Å². The molecule has 2 amide bonds. The van der Waals surface area contributed by atoms with E-state index in [-0.39, 0.29) is 24.8 Å². The summed E-state index contributed by atoms with van der Waals surface area (Å²) < 4.78 is 2.14. The summed E-state index contributed by atoms with van der Waals surface area (Å²) in [6, 6.07) is 1.95. The van der Waals surface area contributed by atoms with Crippen molar-refractivity contribution >= 4 is 11.8 Å². The second kappa shape index (κ2) is 5.52. The standard InChI is InChI=1S/C15H21N3O3/c16-14(20)6-10-7-18(9-13(10)19)15(21)11-5-12-3-1-2-4-17(12)8-11/h5,8,10,13,19H,1-4,6-7,9H2,(H2,16,20)/t10-,13-/m1/s1. The largest absolute Gasteiger partial charge is 0.391 e. The maximum Gasteiger partial charge on any atom is 0.255 e. The lowest BCUT2D eigenvalue weighted by atomic mass is 10.0. The van der Waals surface area contributed by atoms with Gasteiger partial charge in [-0.05, 0) is 25.3 Å². The molecule has 2 aliphatic rings. The van der Waals surface area contributed by atoms with E-state index in [2.05, 4.69) is 4.57 Å². The summed E-state index contributed by atoms with van der Waals surface area (Å²) in [5.74, 6) is -0.751. The van der Waals surface area contributed by atoms with Gasteiger partial charge in [-0.3, -0.25) is 9.59 Å². The van der Waals surface area contributed by atoms with Crippen molar-refractivity contribution in [1.29, 1.82) is 0 Å². The van der Waals surface area contributed by atoms with Crippen LogP contribution < -0.4 is 5.73 Å². The third-order valence-electron chi connectivity index (χ3n) is 4.47. The van der Waals surface area contributed by atoms with Crippen LogP contribution in [0.5, 0.6) is 0 Å². The summed E-state index contributed by atoms with van der Waals surface area (Å²) in [7, 11) is 0. The Balaban J connectivity index is 1.71. The van der Waals surface area contributed by atoms with Gasteiger partial charge in [-0.1, -0.05) is 0 Å². The number of hydrogen-bond donors (Lipinski definition) is 2. The lowest BCUT2D eigenvalue weighted by molar-refractivity contribution is -0.119. The number of carbonyl (C=O) groups excluding carboxylic acids is 2. The number of rotatable bonds is 3. The SMILES string of the molecule is NC(=O)C[C@@H]1CN(C(=O)c2cc3n(c2)CCCC3)C[C@H]1O. The van der Waals surface area contributed by atoms with Crippen LogP contribution in [0.1, 0.15) is 35.3 Å². The van der Waals surface area contributed by atoms with Crippen LogP contribution in [-0.2, 0) is 17.8 Å². The average molecular weight is 291 g/mol. The average Bonchev–Trinajstić information content (AvgIpc) is 3.02.